The molecule has 0 saturated heterocycles. The number of hydrogen-bond acceptors (Lipinski definition) is 5. The summed E-state index contributed by atoms with van der Waals surface area (Å²) in [6.07, 6.45) is 0. The van der Waals surface area contributed by atoms with Crippen LogP contribution in [-0.4, -0.2) is 33.8 Å². The zero-order valence-electron chi connectivity index (χ0n) is 13.9. The van der Waals surface area contributed by atoms with Gasteiger partial charge in [-0.25, -0.2) is 9.37 Å². The van der Waals surface area contributed by atoms with Gasteiger partial charge in [-0.2, -0.15) is 0 Å². The second-order valence-electron chi connectivity index (χ2n) is 5.55. The number of ether oxygens (including phenoxy) is 2. The van der Waals surface area contributed by atoms with Crippen molar-refractivity contribution in [2.75, 3.05) is 14.2 Å². The molecule has 2 aromatic carbocycles. The zero-order chi connectivity index (χ0) is 17.6. The van der Waals surface area contributed by atoms with Crippen LogP contribution in [0.5, 0.6) is 11.5 Å². The number of aromatic nitrogens is 4. The molecule has 4 aromatic rings. The highest BCUT2D eigenvalue weighted by atomic mass is 19.1. The molecule has 0 aliphatic carbocycles. The Morgan fingerprint density at radius 3 is 2.44 bits per heavy atom. The van der Waals surface area contributed by atoms with E-state index in [1.165, 1.54) is 6.07 Å². The van der Waals surface area contributed by atoms with E-state index in [4.69, 9.17) is 9.47 Å². The average molecular weight is 338 g/mol. The molecule has 126 valence electrons. The number of fused-ring (bicyclic) bond motifs is 3. The van der Waals surface area contributed by atoms with E-state index < -0.39 is 0 Å². The molecule has 25 heavy (non-hydrogen) atoms. The summed E-state index contributed by atoms with van der Waals surface area (Å²) in [5.74, 6) is 1.86. The minimum atomic E-state index is -0.358. The Morgan fingerprint density at radius 2 is 1.72 bits per heavy atom. The summed E-state index contributed by atoms with van der Waals surface area (Å²) in [6, 6.07) is 10.1. The van der Waals surface area contributed by atoms with Crippen molar-refractivity contribution in [3.63, 3.8) is 0 Å². The van der Waals surface area contributed by atoms with Crippen LogP contribution in [0.25, 0.3) is 27.9 Å². The molecule has 0 amide bonds. The van der Waals surface area contributed by atoms with Gasteiger partial charge in [-0.3, -0.25) is 4.40 Å². The molecule has 4 rings (SSSR count). The van der Waals surface area contributed by atoms with Gasteiger partial charge in [0.25, 0.3) is 0 Å². The van der Waals surface area contributed by atoms with Gasteiger partial charge in [0.05, 0.1) is 25.3 Å². The fourth-order valence-corrected chi connectivity index (χ4v) is 2.95. The fourth-order valence-electron chi connectivity index (χ4n) is 2.95. The first-order valence-electron chi connectivity index (χ1n) is 7.66. The summed E-state index contributed by atoms with van der Waals surface area (Å²) in [4.78, 5) is 4.60. The number of halogens is 1. The first kappa shape index (κ1) is 15.3. The van der Waals surface area contributed by atoms with Crippen molar-refractivity contribution in [1.29, 1.82) is 0 Å². The van der Waals surface area contributed by atoms with Gasteiger partial charge in [-0.15, -0.1) is 10.2 Å². The summed E-state index contributed by atoms with van der Waals surface area (Å²) < 4.78 is 26.6. The lowest BCUT2D eigenvalue weighted by molar-refractivity contribution is 0.356. The van der Waals surface area contributed by atoms with E-state index >= 15 is 0 Å². The third kappa shape index (κ3) is 2.27. The third-order valence-electron chi connectivity index (χ3n) is 4.13. The molecular weight excluding hydrogens is 323 g/mol. The van der Waals surface area contributed by atoms with Crippen LogP contribution >= 0.6 is 0 Å². The SMILES string of the molecule is COc1cc2nc(C)n3c(-c4ccccc4F)nnc3c2cc1OC. The second kappa shape index (κ2) is 5.70. The van der Waals surface area contributed by atoms with Gasteiger partial charge in [-0.1, -0.05) is 12.1 Å². The summed E-state index contributed by atoms with van der Waals surface area (Å²) in [6.45, 7) is 1.83. The normalized spacial score (nSPS) is 11.2. The van der Waals surface area contributed by atoms with Crippen LogP contribution in [0.4, 0.5) is 4.39 Å². The Balaban J connectivity index is 2.08. The highest BCUT2D eigenvalue weighted by molar-refractivity contribution is 5.94. The van der Waals surface area contributed by atoms with Gasteiger partial charge in [0, 0.05) is 11.5 Å². The number of benzene rings is 2. The van der Waals surface area contributed by atoms with E-state index in [1.54, 1.807) is 49.0 Å². The van der Waals surface area contributed by atoms with Crippen LogP contribution in [-0.2, 0) is 0 Å². The van der Waals surface area contributed by atoms with Crippen molar-refractivity contribution in [3.8, 4) is 22.9 Å². The molecule has 0 radical (unpaired) electrons. The monoisotopic (exact) mass is 338 g/mol. The largest absolute Gasteiger partial charge is 0.493 e. The second-order valence-corrected chi connectivity index (χ2v) is 5.55. The van der Waals surface area contributed by atoms with E-state index in [1.807, 2.05) is 6.92 Å². The Hall–Kier alpha value is -3.22. The van der Waals surface area contributed by atoms with Gasteiger partial charge in [0.15, 0.2) is 23.0 Å². The van der Waals surface area contributed by atoms with Crippen LogP contribution < -0.4 is 9.47 Å². The average Bonchev–Trinajstić information content (AvgIpc) is 3.07. The number of hydrogen-bond donors (Lipinski definition) is 0. The van der Waals surface area contributed by atoms with Gasteiger partial charge in [0.1, 0.15) is 11.6 Å². The van der Waals surface area contributed by atoms with Gasteiger partial charge in [0.2, 0.25) is 0 Å². The molecule has 0 bridgehead atoms. The van der Waals surface area contributed by atoms with Crippen LogP contribution in [0, 0.1) is 12.7 Å². The topological polar surface area (TPSA) is 61.5 Å². The molecule has 0 aliphatic rings. The van der Waals surface area contributed by atoms with Gasteiger partial charge < -0.3 is 9.47 Å². The predicted octanol–water partition coefficient (Wildman–Crippen LogP) is 3.41. The maximum atomic E-state index is 14.2. The van der Waals surface area contributed by atoms with Crippen molar-refractivity contribution >= 4 is 16.6 Å². The number of nitrogens with zero attached hydrogens (tertiary/aromatic N) is 4. The first-order chi connectivity index (χ1) is 12.1. The number of aryl methyl sites for hydroxylation is 1. The molecule has 0 N–H and O–H groups in total. The molecule has 0 unspecified atom stereocenters. The summed E-state index contributed by atoms with van der Waals surface area (Å²) in [7, 11) is 3.14. The molecule has 0 spiro atoms. The molecule has 6 nitrogen and oxygen atoms in total. The Labute approximate surface area is 142 Å². The Morgan fingerprint density at radius 1 is 1.00 bits per heavy atom. The Kier molecular flexibility index (Phi) is 3.49. The zero-order valence-corrected chi connectivity index (χ0v) is 13.9. The molecule has 0 fully saturated rings. The standard InChI is InChI=1S/C18H15FN4O2/c1-10-20-14-9-16(25-3)15(24-2)8-12(14)18-22-21-17(23(10)18)11-6-4-5-7-13(11)19/h4-9H,1-3H3. The highest BCUT2D eigenvalue weighted by Crippen LogP contribution is 2.34. The van der Waals surface area contributed by atoms with Crippen molar-refractivity contribution in [2.45, 2.75) is 6.92 Å². The molecule has 0 saturated carbocycles. The Bertz CT molecular complexity index is 1110. The van der Waals surface area contributed by atoms with Crippen molar-refractivity contribution in [3.05, 3.63) is 48.0 Å². The van der Waals surface area contributed by atoms with Crippen molar-refractivity contribution < 1.29 is 13.9 Å². The smallest absolute Gasteiger partial charge is 0.172 e. The molecule has 2 aromatic heterocycles. The lowest BCUT2D eigenvalue weighted by Crippen LogP contribution is -2.01. The summed E-state index contributed by atoms with van der Waals surface area (Å²) >= 11 is 0. The van der Waals surface area contributed by atoms with E-state index in [0.717, 1.165) is 5.39 Å². The molecule has 2 heterocycles. The van der Waals surface area contributed by atoms with Crippen LogP contribution in [0.3, 0.4) is 0 Å². The minimum absolute atomic E-state index is 0.358. The van der Waals surface area contributed by atoms with E-state index in [-0.39, 0.29) is 5.82 Å². The number of methoxy groups -OCH3 is 2. The molecule has 7 heteroatoms. The predicted molar refractivity (Wildman–Crippen MR) is 91.5 cm³/mol. The van der Waals surface area contributed by atoms with E-state index in [2.05, 4.69) is 15.2 Å². The fraction of sp³-hybridized carbons (Fsp3) is 0.167. The first-order valence-corrected chi connectivity index (χ1v) is 7.66. The van der Waals surface area contributed by atoms with Crippen LogP contribution in [0.1, 0.15) is 5.82 Å². The quantitative estimate of drug-likeness (QED) is 0.573. The molecule has 0 aliphatic heterocycles. The minimum Gasteiger partial charge on any atom is -0.493 e. The maximum Gasteiger partial charge on any atom is 0.172 e. The highest BCUT2D eigenvalue weighted by Gasteiger charge is 2.18. The summed E-state index contributed by atoms with van der Waals surface area (Å²) in [5, 5.41) is 9.21. The van der Waals surface area contributed by atoms with Gasteiger partial charge >= 0.3 is 0 Å². The van der Waals surface area contributed by atoms with Crippen molar-refractivity contribution in [2.24, 2.45) is 0 Å². The lowest BCUT2D eigenvalue weighted by atomic mass is 10.2. The van der Waals surface area contributed by atoms with Crippen molar-refractivity contribution in [1.82, 2.24) is 19.6 Å². The summed E-state index contributed by atoms with van der Waals surface area (Å²) in [5.41, 5.74) is 1.66. The third-order valence-corrected chi connectivity index (χ3v) is 4.13. The van der Waals surface area contributed by atoms with E-state index in [0.29, 0.717) is 39.9 Å². The number of rotatable bonds is 3. The molecular formula is C18H15FN4O2. The van der Waals surface area contributed by atoms with Gasteiger partial charge in [-0.05, 0) is 25.1 Å². The lowest BCUT2D eigenvalue weighted by Gasteiger charge is -2.11. The van der Waals surface area contributed by atoms with E-state index in [9.17, 15) is 4.39 Å². The van der Waals surface area contributed by atoms with Crippen LogP contribution in [0.2, 0.25) is 0 Å². The molecule has 0 atom stereocenters. The maximum absolute atomic E-state index is 14.2. The van der Waals surface area contributed by atoms with Crippen LogP contribution in [0.15, 0.2) is 36.4 Å².